The van der Waals surface area contributed by atoms with Gasteiger partial charge in [0.1, 0.15) is 17.6 Å². The number of amides is 3. The number of aliphatic carboxylic acids is 1. The number of terminal acetylenes is 1. The number of carboxylic acid groups (broad SMARTS) is 1. The zero-order valence-electron chi connectivity index (χ0n) is 27.5. The SMILES string of the molecule is C#C.C=S(=C)(NC(=O)C12CC1/C=C\CCCCCC(Nc1nc(C(F)(F)F)cs1)C(=O)N1CCCC1C(=O)N2)C1CS1.CC.CC(=O)O. The van der Waals surface area contributed by atoms with E-state index in [-0.39, 0.29) is 27.4 Å². The number of rotatable bonds is 5. The topological polar surface area (TPSA) is 141 Å². The van der Waals surface area contributed by atoms with E-state index in [0.717, 1.165) is 48.7 Å². The highest BCUT2D eigenvalue weighted by Gasteiger charge is 2.61. The molecule has 0 aromatic carbocycles. The summed E-state index contributed by atoms with van der Waals surface area (Å²) in [4.78, 5) is 55.0. The predicted molar refractivity (Wildman–Crippen MR) is 191 cm³/mol. The third-order valence-corrected chi connectivity index (χ3v) is 12.7. The Morgan fingerprint density at radius 2 is 1.81 bits per heavy atom. The van der Waals surface area contributed by atoms with Crippen molar-refractivity contribution >= 4 is 73.1 Å². The number of anilines is 1. The summed E-state index contributed by atoms with van der Waals surface area (Å²) in [5.74, 6) is 7.20. The molecule has 4 heterocycles. The van der Waals surface area contributed by atoms with E-state index in [2.05, 4.69) is 44.9 Å². The molecule has 1 aromatic rings. The molecule has 4 aliphatic rings. The number of aromatic nitrogens is 1. The van der Waals surface area contributed by atoms with Gasteiger partial charge in [0.05, 0.1) is 4.58 Å². The maximum Gasteiger partial charge on any atom is 0.434 e. The Morgan fingerprint density at radius 3 is 2.40 bits per heavy atom. The van der Waals surface area contributed by atoms with Crippen LogP contribution in [0.1, 0.15) is 77.8 Å². The minimum Gasteiger partial charge on any atom is -0.481 e. The number of fused-ring (bicyclic) bond motifs is 2. The van der Waals surface area contributed by atoms with Gasteiger partial charge >= 0.3 is 6.18 Å². The molecule has 4 N–H and O–H groups in total. The van der Waals surface area contributed by atoms with Crippen LogP contribution < -0.4 is 15.4 Å². The second-order valence-corrected chi connectivity index (χ2v) is 16.5. The van der Waals surface area contributed by atoms with Gasteiger partial charge in [0.15, 0.2) is 10.8 Å². The number of carbonyl (C=O) groups is 4. The van der Waals surface area contributed by atoms with Gasteiger partial charge in [-0.1, -0.05) is 50.6 Å². The highest BCUT2D eigenvalue weighted by atomic mass is 32.3. The second kappa shape index (κ2) is 18.0. The van der Waals surface area contributed by atoms with Crippen LogP contribution in [0.3, 0.4) is 0 Å². The van der Waals surface area contributed by atoms with E-state index < -0.39 is 50.8 Å². The van der Waals surface area contributed by atoms with Crippen molar-refractivity contribution in [1.29, 1.82) is 0 Å². The first-order valence-electron chi connectivity index (χ1n) is 15.7. The Labute approximate surface area is 289 Å². The third-order valence-electron chi connectivity index (χ3n) is 7.83. The van der Waals surface area contributed by atoms with Gasteiger partial charge in [0.25, 0.3) is 11.9 Å². The molecule has 48 heavy (non-hydrogen) atoms. The molecule has 5 rings (SSSR count). The number of nitrogens with zero attached hydrogens (tertiary/aromatic N) is 2. The van der Waals surface area contributed by atoms with Crippen molar-refractivity contribution in [1.82, 2.24) is 19.9 Å². The first kappa shape index (κ1) is 41.0. The minimum absolute atomic E-state index is 0.0179. The van der Waals surface area contributed by atoms with Gasteiger partial charge in [-0.15, -0.1) is 45.3 Å². The van der Waals surface area contributed by atoms with Crippen LogP contribution in [0.2, 0.25) is 0 Å². The van der Waals surface area contributed by atoms with Gasteiger partial charge in [-0.3, -0.25) is 19.2 Å². The van der Waals surface area contributed by atoms with Crippen LogP contribution in [0, 0.1) is 18.8 Å². The number of carbonyl (C=O) groups excluding carboxylic acids is 3. The van der Waals surface area contributed by atoms with Gasteiger partial charge in [-0.05, 0) is 38.5 Å². The molecule has 1 saturated carbocycles. The fraction of sp³-hybridized carbons (Fsp3) is 0.594. The summed E-state index contributed by atoms with van der Waals surface area (Å²) in [5.41, 5.74) is -2.11. The number of halogens is 3. The molecule has 1 aromatic heterocycles. The summed E-state index contributed by atoms with van der Waals surface area (Å²) >= 11 is 2.50. The van der Waals surface area contributed by atoms with Gasteiger partial charge in [0.2, 0.25) is 11.8 Å². The summed E-state index contributed by atoms with van der Waals surface area (Å²) in [5, 5.41) is 14.3. The molecule has 3 fully saturated rings. The van der Waals surface area contributed by atoms with Crippen molar-refractivity contribution in [2.24, 2.45) is 5.92 Å². The minimum atomic E-state index is -4.57. The van der Waals surface area contributed by atoms with E-state index in [1.54, 1.807) is 11.8 Å². The first-order chi connectivity index (χ1) is 22.6. The largest absolute Gasteiger partial charge is 0.481 e. The number of alkyl halides is 3. The standard InChI is InChI=1S/C26H34F3N5O3S3.C2H4O2.C2H6.C2H2/c1-40(2,20-15-38-20)33-23(37)25-13-16(25)9-6-4-3-5-7-10-17(30-24-31-19(14-39-24)26(27,28)29)22(36)34-12-8-11-18(34)21(35)32-25;1-2(3)4;2*1-2/h6,9,14,16-18,20H,1-5,7-8,10-13,15H2,(H,30,31)(H,32,35)(H,33,37);1H3,(H,3,4);1-2H3;1-2H/b9-6-;;;. The Morgan fingerprint density at radius 1 is 1.17 bits per heavy atom. The molecule has 16 heteroatoms. The van der Waals surface area contributed by atoms with E-state index in [0.29, 0.717) is 38.6 Å². The number of thioether (sulfide) groups is 1. The lowest BCUT2D eigenvalue weighted by Crippen LogP contribution is -2.56. The Hall–Kier alpha value is -3.16. The first-order valence-corrected chi connectivity index (χ1v) is 19.6. The van der Waals surface area contributed by atoms with Crippen LogP contribution in [0.25, 0.3) is 0 Å². The fourth-order valence-corrected chi connectivity index (χ4v) is 9.35. The van der Waals surface area contributed by atoms with Crippen molar-refractivity contribution in [2.75, 3.05) is 17.6 Å². The lowest BCUT2D eigenvalue weighted by molar-refractivity contribution is -0.140. The maximum absolute atomic E-state index is 13.7. The third kappa shape index (κ3) is 11.2. The number of carboxylic acids is 1. The number of thiazole rings is 1. The molecule has 5 unspecified atom stereocenters. The van der Waals surface area contributed by atoms with E-state index in [1.807, 2.05) is 26.0 Å². The van der Waals surface area contributed by atoms with Crippen molar-refractivity contribution in [3.63, 3.8) is 0 Å². The van der Waals surface area contributed by atoms with E-state index >= 15 is 0 Å². The summed E-state index contributed by atoms with van der Waals surface area (Å²) in [6.45, 7) is 5.44. The number of allylic oxidation sites excluding steroid dienone is 1. The van der Waals surface area contributed by atoms with Crippen LogP contribution >= 0.6 is 32.5 Å². The molecule has 0 spiro atoms. The normalized spacial score (nSPS) is 27.5. The van der Waals surface area contributed by atoms with Gasteiger partial charge in [-0.2, -0.15) is 13.2 Å². The zero-order chi connectivity index (χ0) is 36.3. The van der Waals surface area contributed by atoms with Crippen molar-refractivity contribution in [3.05, 3.63) is 23.2 Å². The highest BCUT2D eigenvalue weighted by molar-refractivity contribution is 8.38. The number of nitrogens with one attached hydrogen (secondary N) is 3. The lowest BCUT2D eigenvalue weighted by Gasteiger charge is -2.30. The van der Waals surface area contributed by atoms with E-state index in [9.17, 15) is 27.6 Å². The zero-order valence-corrected chi connectivity index (χ0v) is 30.0. The van der Waals surface area contributed by atoms with Crippen LogP contribution in [-0.4, -0.2) is 84.9 Å². The molecule has 3 aliphatic heterocycles. The number of hydrogen-bond donors (Lipinski definition) is 4. The van der Waals surface area contributed by atoms with Crippen molar-refractivity contribution in [3.8, 4) is 12.8 Å². The van der Waals surface area contributed by atoms with Crippen molar-refractivity contribution < 1.29 is 37.5 Å². The van der Waals surface area contributed by atoms with E-state index in [4.69, 9.17) is 9.90 Å². The van der Waals surface area contributed by atoms with Crippen molar-refractivity contribution in [2.45, 2.75) is 101 Å². The molecular formula is C32H46F3N5O5S3. The fourth-order valence-electron chi connectivity index (χ4n) is 5.35. The average Bonchev–Trinajstić information content (AvgIpc) is 3.88. The molecular weight excluding hydrogens is 688 g/mol. The van der Waals surface area contributed by atoms with Crippen LogP contribution in [0.4, 0.5) is 18.3 Å². The smallest absolute Gasteiger partial charge is 0.434 e. The predicted octanol–water partition coefficient (Wildman–Crippen LogP) is 5.47. The maximum atomic E-state index is 13.7. The molecule has 0 radical (unpaired) electrons. The summed E-state index contributed by atoms with van der Waals surface area (Å²) < 4.78 is 42.5. The Balaban J connectivity index is 0.000000917. The molecule has 5 atom stereocenters. The van der Waals surface area contributed by atoms with Crippen LogP contribution in [0.5, 0.6) is 0 Å². The average molecular weight is 734 g/mol. The molecule has 1 aliphatic carbocycles. The van der Waals surface area contributed by atoms with Gasteiger partial charge in [-0.25, -0.2) is 4.98 Å². The molecule has 10 nitrogen and oxygen atoms in total. The highest BCUT2D eigenvalue weighted by Crippen LogP contribution is 2.49. The quantitative estimate of drug-likeness (QED) is 0.135. The lowest BCUT2D eigenvalue weighted by atomic mass is 10.1. The Bertz CT molecular complexity index is 1440. The summed E-state index contributed by atoms with van der Waals surface area (Å²) in [6, 6.07) is -1.58. The summed E-state index contributed by atoms with van der Waals surface area (Å²) in [6.07, 6.45) is 12.5. The molecule has 0 bridgehead atoms. The van der Waals surface area contributed by atoms with E-state index in [1.165, 1.54) is 4.90 Å². The molecule has 3 amide bonds. The Kier molecular flexibility index (Phi) is 15.4. The monoisotopic (exact) mass is 733 g/mol. The molecule has 2 saturated heterocycles. The second-order valence-electron chi connectivity index (χ2n) is 11.4. The van der Waals surface area contributed by atoms with Crippen LogP contribution in [0.15, 0.2) is 17.5 Å². The van der Waals surface area contributed by atoms with Gasteiger partial charge in [0, 0.05) is 30.5 Å². The number of hydrogen-bond acceptors (Lipinski definition) is 8. The van der Waals surface area contributed by atoms with Crippen LogP contribution in [-0.2, 0) is 25.4 Å². The summed E-state index contributed by atoms with van der Waals surface area (Å²) in [7, 11) is -1.86. The van der Waals surface area contributed by atoms with Gasteiger partial charge < -0.3 is 25.4 Å². The molecule has 268 valence electrons.